The highest BCUT2D eigenvalue weighted by atomic mass is 35.5. The molecular weight excluding hydrogens is 418 g/mol. The molecule has 2 aromatic rings. The molecule has 0 unspecified atom stereocenters. The van der Waals surface area contributed by atoms with Crippen molar-refractivity contribution in [1.82, 2.24) is 0 Å². The third-order valence-electron chi connectivity index (χ3n) is 4.37. The molecule has 0 aliphatic carbocycles. The summed E-state index contributed by atoms with van der Waals surface area (Å²) < 4.78 is 28.3. The molecule has 0 aromatic heterocycles. The maximum absolute atomic E-state index is 12.8. The number of carbonyl (C=O) groups excluding carboxylic acids is 2. The normalized spacial score (nSPS) is 15.4. The van der Waals surface area contributed by atoms with Crippen molar-refractivity contribution in [2.75, 3.05) is 16.8 Å². The number of hydrogen-bond acceptors (Lipinski definition) is 5. The molecule has 3 N–H and O–H groups in total. The lowest BCUT2D eigenvalue weighted by Gasteiger charge is -2.38. The number of rotatable bonds is 5. The van der Waals surface area contributed by atoms with E-state index in [0.29, 0.717) is 22.1 Å². The van der Waals surface area contributed by atoms with Crippen LogP contribution in [0.2, 0.25) is 5.02 Å². The van der Waals surface area contributed by atoms with E-state index < -0.39 is 15.6 Å². The second-order valence-corrected chi connectivity index (χ2v) is 9.05. The Morgan fingerprint density at radius 3 is 2.48 bits per heavy atom. The van der Waals surface area contributed by atoms with Crippen molar-refractivity contribution in [3.05, 3.63) is 47.5 Å². The van der Waals surface area contributed by atoms with Gasteiger partial charge in [0.15, 0.2) is 5.60 Å². The highest BCUT2D eigenvalue weighted by Gasteiger charge is 2.40. The quantitative estimate of drug-likeness (QED) is 0.744. The summed E-state index contributed by atoms with van der Waals surface area (Å²) in [5.41, 5.74) is -0.146. The highest BCUT2D eigenvalue weighted by molar-refractivity contribution is 7.89. The van der Waals surface area contributed by atoms with Crippen molar-refractivity contribution in [2.24, 2.45) is 5.14 Å². The number of carbonyl (C=O) groups is 2. The van der Waals surface area contributed by atoms with Crippen LogP contribution in [-0.2, 0) is 19.6 Å². The molecule has 1 aliphatic rings. The molecule has 10 heteroatoms. The van der Waals surface area contributed by atoms with E-state index in [1.807, 2.05) is 0 Å². The van der Waals surface area contributed by atoms with E-state index in [9.17, 15) is 18.0 Å². The first kappa shape index (κ1) is 21.1. The molecule has 1 heterocycles. The summed E-state index contributed by atoms with van der Waals surface area (Å²) in [5.74, 6) is -0.107. The van der Waals surface area contributed by atoms with Crippen LogP contribution in [0.4, 0.5) is 11.4 Å². The zero-order chi connectivity index (χ0) is 21.4. The van der Waals surface area contributed by atoms with Gasteiger partial charge in [0.1, 0.15) is 5.75 Å². The first-order chi connectivity index (χ1) is 13.5. The number of anilines is 2. The smallest absolute Gasteiger partial charge is 0.270 e. The standard InChI is InChI=1S/C19H20ClN3O5S/c1-19(2)18(25)23(15-11-12(20)3-8-16(15)28-19)10-9-17(24)22-13-4-6-14(7-5-13)29(21,26)27/h3-8,11H,9-10H2,1-2H3,(H,22,24)(H2,21,26,27). The number of primary sulfonamides is 1. The predicted octanol–water partition coefficient (Wildman–Crippen LogP) is 2.52. The van der Waals surface area contributed by atoms with Crippen LogP contribution in [0.25, 0.3) is 0 Å². The highest BCUT2D eigenvalue weighted by Crippen LogP contribution is 2.39. The van der Waals surface area contributed by atoms with Crippen molar-refractivity contribution in [2.45, 2.75) is 30.8 Å². The fraction of sp³-hybridized carbons (Fsp3) is 0.263. The van der Waals surface area contributed by atoms with Crippen LogP contribution in [0.3, 0.4) is 0 Å². The topological polar surface area (TPSA) is 119 Å². The van der Waals surface area contributed by atoms with E-state index in [1.165, 1.54) is 29.2 Å². The predicted molar refractivity (Wildman–Crippen MR) is 110 cm³/mol. The zero-order valence-electron chi connectivity index (χ0n) is 15.8. The van der Waals surface area contributed by atoms with Gasteiger partial charge in [0.25, 0.3) is 5.91 Å². The minimum atomic E-state index is -3.80. The Bertz CT molecular complexity index is 1070. The van der Waals surface area contributed by atoms with Crippen LogP contribution in [0.1, 0.15) is 20.3 Å². The number of fused-ring (bicyclic) bond motifs is 1. The lowest BCUT2D eigenvalue weighted by atomic mass is 10.0. The van der Waals surface area contributed by atoms with Crippen molar-refractivity contribution < 1.29 is 22.7 Å². The maximum atomic E-state index is 12.8. The summed E-state index contributed by atoms with van der Waals surface area (Å²) >= 11 is 6.05. The average Bonchev–Trinajstić information content (AvgIpc) is 2.62. The van der Waals surface area contributed by atoms with Crippen LogP contribution < -0.4 is 20.1 Å². The van der Waals surface area contributed by atoms with Gasteiger partial charge in [-0.3, -0.25) is 9.59 Å². The Morgan fingerprint density at radius 1 is 1.21 bits per heavy atom. The molecule has 0 spiro atoms. The first-order valence-electron chi connectivity index (χ1n) is 8.71. The zero-order valence-corrected chi connectivity index (χ0v) is 17.4. The van der Waals surface area contributed by atoms with Gasteiger partial charge < -0.3 is 15.0 Å². The van der Waals surface area contributed by atoms with Crippen LogP contribution in [0.5, 0.6) is 5.75 Å². The van der Waals surface area contributed by atoms with Gasteiger partial charge in [-0.2, -0.15) is 0 Å². The van der Waals surface area contributed by atoms with Crippen LogP contribution in [0.15, 0.2) is 47.4 Å². The summed E-state index contributed by atoms with van der Waals surface area (Å²) in [6.07, 6.45) is 0.0186. The summed E-state index contributed by atoms with van der Waals surface area (Å²) in [5, 5.41) is 8.16. The number of amides is 2. The van der Waals surface area contributed by atoms with Crippen molar-refractivity contribution in [3.8, 4) is 5.75 Å². The Labute approximate surface area is 173 Å². The third-order valence-corrected chi connectivity index (χ3v) is 5.53. The minimum absolute atomic E-state index is 0.0186. The lowest BCUT2D eigenvalue weighted by molar-refractivity contribution is -0.132. The number of nitrogens with two attached hydrogens (primary N) is 1. The largest absolute Gasteiger partial charge is 0.476 e. The summed E-state index contributed by atoms with van der Waals surface area (Å²) in [4.78, 5) is 26.5. The number of nitrogens with zero attached hydrogens (tertiary/aromatic N) is 1. The molecule has 2 aromatic carbocycles. The van der Waals surface area contributed by atoms with Crippen molar-refractivity contribution in [1.29, 1.82) is 0 Å². The minimum Gasteiger partial charge on any atom is -0.476 e. The lowest BCUT2D eigenvalue weighted by Crippen LogP contribution is -2.53. The summed E-state index contributed by atoms with van der Waals surface area (Å²) in [6, 6.07) is 10.5. The van der Waals surface area contributed by atoms with Gasteiger partial charge in [-0.1, -0.05) is 11.6 Å². The molecule has 0 atom stereocenters. The van der Waals surface area contributed by atoms with Gasteiger partial charge >= 0.3 is 0 Å². The number of sulfonamides is 1. The van der Waals surface area contributed by atoms with E-state index >= 15 is 0 Å². The number of benzene rings is 2. The molecule has 0 radical (unpaired) electrons. The molecule has 8 nitrogen and oxygen atoms in total. The number of hydrogen-bond donors (Lipinski definition) is 2. The van der Waals surface area contributed by atoms with Gasteiger partial charge in [0.2, 0.25) is 15.9 Å². The first-order valence-corrected chi connectivity index (χ1v) is 10.6. The SMILES string of the molecule is CC1(C)Oc2ccc(Cl)cc2N(CCC(=O)Nc2ccc(S(N)(=O)=O)cc2)C1=O. The molecule has 2 amide bonds. The van der Waals surface area contributed by atoms with E-state index in [1.54, 1.807) is 32.0 Å². The Hall–Kier alpha value is -2.62. The van der Waals surface area contributed by atoms with Crippen molar-refractivity contribution >= 4 is 44.8 Å². The Balaban J connectivity index is 1.71. The third kappa shape index (κ3) is 4.69. The Morgan fingerprint density at radius 2 is 1.86 bits per heavy atom. The van der Waals surface area contributed by atoms with Crippen LogP contribution in [-0.4, -0.2) is 32.4 Å². The van der Waals surface area contributed by atoms with E-state index in [0.717, 1.165) is 0 Å². The van der Waals surface area contributed by atoms with Gasteiger partial charge in [-0.15, -0.1) is 0 Å². The second kappa shape index (κ2) is 7.66. The fourth-order valence-electron chi connectivity index (χ4n) is 2.93. The van der Waals surface area contributed by atoms with Crippen molar-refractivity contribution in [3.63, 3.8) is 0 Å². The monoisotopic (exact) mass is 437 g/mol. The summed E-state index contributed by atoms with van der Waals surface area (Å²) in [6.45, 7) is 3.44. The molecular formula is C19H20ClN3O5S. The maximum Gasteiger partial charge on any atom is 0.270 e. The molecule has 0 bridgehead atoms. The average molecular weight is 438 g/mol. The van der Waals surface area contributed by atoms with Gasteiger partial charge in [0.05, 0.1) is 10.6 Å². The Kier molecular flexibility index (Phi) is 5.57. The van der Waals surface area contributed by atoms with E-state index in [4.69, 9.17) is 21.5 Å². The van der Waals surface area contributed by atoms with Crippen LogP contribution in [0, 0.1) is 0 Å². The molecule has 3 rings (SSSR count). The number of ether oxygens (including phenoxy) is 1. The van der Waals surface area contributed by atoms with Gasteiger partial charge in [0, 0.05) is 23.7 Å². The second-order valence-electron chi connectivity index (χ2n) is 7.05. The van der Waals surface area contributed by atoms with E-state index in [-0.39, 0.29) is 29.7 Å². The van der Waals surface area contributed by atoms with Crippen LogP contribution >= 0.6 is 11.6 Å². The summed E-state index contributed by atoms with van der Waals surface area (Å²) in [7, 11) is -3.80. The molecule has 1 aliphatic heterocycles. The number of nitrogens with one attached hydrogen (secondary N) is 1. The molecule has 0 saturated carbocycles. The molecule has 0 saturated heterocycles. The fourth-order valence-corrected chi connectivity index (χ4v) is 3.61. The van der Waals surface area contributed by atoms with E-state index in [2.05, 4.69) is 5.32 Å². The molecule has 154 valence electrons. The van der Waals surface area contributed by atoms with Gasteiger partial charge in [-0.05, 0) is 56.3 Å². The van der Waals surface area contributed by atoms with Gasteiger partial charge in [-0.25, -0.2) is 13.6 Å². The number of halogens is 1. The molecule has 0 fully saturated rings. The molecule has 29 heavy (non-hydrogen) atoms.